The van der Waals surface area contributed by atoms with Crippen LogP contribution in [0.1, 0.15) is 140 Å². The average Bonchev–Trinajstić information content (AvgIpc) is 3.71. The van der Waals surface area contributed by atoms with Crippen LogP contribution in [-0.4, -0.2) is 19.6 Å². The summed E-state index contributed by atoms with van der Waals surface area (Å²) in [7, 11) is 0. The van der Waals surface area contributed by atoms with Crippen LogP contribution in [-0.2, 0) is 16.2 Å². The molecule has 6 aromatic carbocycles. The summed E-state index contributed by atoms with van der Waals surface area (Å²) in [4.78, 5) is 10.5. The first kappa shape index (κ1) is 38.1. The SMILES string of the molecule is [2H]C([2H])([2H])c1ccc(-c2ccnc(-c3cc(-c4cccc5c4nc(-c4cc(C(C)(C)C)cc(C(C)(C)C)c4O)n5-c4ccc(C5([2H])CCC([2H])(c6ccccc6)CC5)cc4)cc(C(C)(C)C)c3)c2)cc1. The zero-order chi connectivity index (χ0) is 50.2. The van der Waals surface area contributed by atoms with Crippen LogP contribution in [0.4, 0.5) is 0 Å². The van der Waals surface area contributed by atoms with Crippen LogP contribution in [0, 0.1) is 6.85 Å². The third-order valence-corrected chi connectivity index (χ3v) is 13.3. The van der Waals surface area contributed by atoms with Crippen LogP contribution in [0.15, 0.2) is 146 Å². The summed E-state index contributed by atoms with van der Waals surface area (Å²) in [5, 5.41) is 12.4. The summed E-state index contributed by atoms with van der Waals surface area (Å²) in [6, 6.07) is 46.6. The molecular weight excluding hydrogens is 791 g/mol. The van der Waals surface area contributed by atoms with E-state index in [4.69, 9.17) is 14.1 Å². The number of phenols is 1. The molecule has 0 spiro atoms. The Labute approximate surface area is 394 Å². The van der Waals surface area contributed by atoms with Crippen molar-refractivity contribution in [3.63, 3.8) is 0 Å². The number of aryl methyl sites for hydroxylation is 1. The molecular formula is C61H65N3O. The monoisotopic (exact) mass is 861 g/mol. The quantitative estimate of drug-likeness (QED) is 0.174. The molecule has 0 unspecified atom stereocenters. The number of pyridine rings is 1. The van der Waals surface area contributed by atoms with E-state index in [0.29, 0.717) is 42.6 Å². The van der Waals surface area contributed by atoms with Gasteiger partial charge in [0, 0.05) is 35.4 Å². The summed E-state index contributed by atoms with van der Waals surface area (Å²) in [6.45, 7) is 17.4. The molecule has 1 aliphatic carbocycles. The van der Waals surface area contributed by atoms with E-state index in [1.54, 1.807) is 18.3 Å². The lowest BCUT2D eigenvalue weighted by molar-refractivity contribution is 0.396. The Morgan fingerprint density at radius 3 is 1.83 bits per heavy atom. The van der Waals surface area contributed by atoms with Crippen LogP contribution < -0.4 is 0 Å². The van der Waals surface area contributed by atoms with Crippen molar-refractivity contribution in [1.29, 1.82) is 0 Å². The molecule has 1 N–H and O–H groups in total. The van der Waals surface area contributed by atoms with Crippen LogP contribution in [0.2, 0.25) is 0 Å². The zero-order valence-corrected chi connectivity index (χ0v) is 39.5. The van der Waals surface area contributed by atoms with E-state index >= 15 is 0 Å². The van der Waals surface area contributed by atoms with Crippen molar-refractivity contribution in [2.24, 2.45) is 0 Å². The Morgan fingerprint density at radius 2 is 1.20 bits per heavy atom. The Kier molecular flexibility index (Phi) is 9.92. The van der Waals surface area contributed by atoms with E-state index < -0.39 is 18.6 Å². The van der Waals surface area contributed by atoms with Gasteiger partial charge >= 0.3 is 0 Å². The van der Waals surface area contributed by atoms with E-state index in [1.165, 1.54) is 0 Å². The van der Waals surface area contributed by atoms with E-state index in [-0.39, 0.29) is 22.0 Å². The predicted octanol–water partition coefficient (Wildman–Crippen LogP) is 16.4. The van der Waals surface area contributed by atoms with Crippen molar-refractivity contribution < 1.29 is 12.0 Å². The highest BCUT2D eigenvalue weighted by Crippen LogP contribution is 2.46. The minimum Gasteiger partial charge on any atom is -0.507 e. The third-order valence-electron chi connectivity index (χ3n) is 13.3. The highest BCUT2D eigenvalue weighted by atomic mass is 16.3. The van der Waals surface area contributed by atoms with E-state index in [9.17, 15) is 7.85 Å². The fraction of sp³-hybridized carbons (Fsp3) is 0.311. The molecule has 2 heterocycles. The summed E-state index contributed by atoms with van der Waals surface area (Å²) in [5.41, 5.74) is 13.2. The maximum atomic E-state index is 12.4. The van der Waals surface area contributed by atoms with Crippen molar-refractivity contribution in [2.45, 2.75) is 123 Å². The summed E-state index contributed by atoms with van der Waals surface area (Å²) >= 11 is 0. The Balaban J connectivity index is 1.21. The van der Waals surface area contributed by atoms with Crippen molar-refractivity contribution in [2.75, 3.05) is 0 Å². The molecule has 1 aliphatic rings. The molecule has 0 aliphatic heterocycles. The van der Waals surface area contributed by atoms with Crippen molar-refractivity contribution >= 4 is 11.0 Å². The third kappa shape index (κ3) is 8.93. The maximum Gasteiger partial charge on any atom is 0.149 e. The molecule has 4 heteroatoms. The van der Waals surface area contributed by atoms with Crippen molar-refractivity contribution in [3.05, 3.63) is 179 Å². The Hall–Kier alpha value is -6.26. The molecule has 9 rings (SSSR count). The number of nitrogens with zero attached hydrogens (tertiary/aromatic N) is 3. The highest BCUT2D eigenvalue weighted by Gasteiger charge is 2.30. The zero-order valence-electron chi connectivity index (χ0n) is 44.5. The maximum absolute atomic E-state index is 12.4. The first-order valence-electron chi connectivity index (χ1n) is 25.6. The molecule has 2 aromatic heterocycles. The normalized spacial score (nSPS) is 19.6. The van der Waals surface area contributed by atoms with Crippen LogP contribution in [0.3, 0.4) is 0 Å². The number of aromatic hydroxyl groups is 1. The average molecular weight is 861 g/mol. The van der Waals surface area contributed by atoms with Crippen molar-refractivity contribution in [3.8, 4) is 56.3 Å². The van der Waals surface area contributed by atoms with Gasteiger partial charge < -0.3 is 5.11 Å². The lowest BCUT2D eigenvalue weighted by Crippen LogP contribution is -2.17. The molecule has 330 valence electrons. The van der Waals surface area contributed by atoms with Gasteiger partial charge in [0.2, 0.25) is 0 Å². The molecule has 0 atom stereocenters. The molecule has 0 bridgehead atoms. The summed E-state index contributed by atoms with van der Waals surface area (Å²) in [6.07, 6.45) is 4.21. The van der Waals surface area contributed by atoms with Gasteiger partial charge in [0.15, 0.2) is 0 Å². The summed E-state index contributed by atoms with van der Waals surface area (Å²) in [5.74, 6) is -0.694. The van der Waals surface area contributed by atoms with E-state index in [2.05, 4.69) is 146 Å². The van der Waals surface area contributed by atoms with Gasteiger partial charge in [0.05, 0.1) is 22.3 Å². The molecule has 8 aromatic rings. The molecule has 4 nitrogen and oxygen atoms in total. The molecule has 1 saturated carbocycles. The number of para-hydroxylation sites is 1. The fourth-order valence-corrected chi connectivity index (χ4v) is 9.33. The van der Waals surface area contributed by atoms with Gasteiger partial charge in [0.1, 0.15) is 11.6 Å². The molecule has 0 radical (unpaired) electrons. The lowest BCUT2D eigenvalue weighted by atomic mass is 9.76. The van der Waals surface area contributed by atoms with E-state index in [1.807, 2.05) is 48.5 Å². The smallest absolute Gasteiger partial charge is 0.149 e. The van der Waals surface area contributed by atoms with Gasteiger partial charge in [-0.25, -0.2) is 4.98 Å². The van der Waals surface area contributed by atoms with Gasteiger partial charge in [-0.05, 0) is 148 Å². The highest BCUT2D eigenvalue weighted by molar-refractivity contribution is 5.97. The Bertz CT molecular complexity index is 3210. The number of imidazole rings is 1. The largest absolute Gasteiger partial charge is 0.507 e. The lowest BCUT2D eigenvalue weighted by Gasteiger charge is -2.29. The van der Waals surface area contributed by atoms with Gasteiger partial charge in [-0.3, -0.25) is 9.55 Å². The number of aromatic nitrogens is 3. The van der Waals surface area contributed by atoms with Crippen LogP contribution >= 0.6 is 0 Å². The van der Waals surface area contributed by atoms with Gasteiger partial charge in [-0.2, -0.15) is 0 Å². The van der Waals surface area contributed by atoms with Crippen LogP contribution in [0.25, 0.3) is 61.6 Å². The van der Waals surface area contributed by atoms with Gasteiger partial charge in [-0.15, -0.1) is 0 Å². The minimum absolute atomic E-state index is 0.204. The van der Waals surface area contributed by atoms with Crippen molar-refractivity contribution in [1.82, 2.24) is 14.5 Å². The molecule has 0 amide bonds. The van der Waals surface area contributed by atoms with Gasteiger partial charge in [0.25, 0.3) is 0 Å². The second kappa shape index (κ2) is 16.9. The van der Waals surface area contributed by atoms with E-state index in [0.717, 1.165) is 78.0 Å². The van der Waals surface area contributed by atoms with Crippen LogP contribution in [0.5, 0.6) is 5.75 Å². The first-order chi connectivity index (χ1) is 32.8. The number of benzene rings is 6. The topological polar surface area (TPSA) is 50.9 Å². The number of hydrogen-bond donors (Lipinski definition) is 1. The Morgan fingerprint density at radius 1 is 0.569 bits per heavy atom. The standard InChI is InChI=1S/C61H65N3O/c1-39-19-21-44(22-20-39)45-31-32-62-54(36-45)47-33-46(34-48(35-47)59(2,3)4)51-17-14-18-55-56(51)63-58(52-37-49(60(5,6)7)38-53(57(52)65)61(8,9)10)64(55)50-29-27-43(28-30-50)42-25-23-41(24-26-42)40-15-12-11-13-16-40/h11-22,27-38,41-42,65H,23-26H2,1-10H3/i1D3,41D,42D. The number of rotatable bonds is 7. The minimum atomic E-state index is -2.18. The predicted molar refractivity (Wildman–Crippen MR) is 274 cm³/mol. The molecule has 1 fully saturated rings. The van der Waals surface area contributed by atoms with Gasteiger partial charge in [-0.1, -0.05) is 159 Å². The number of phenolic OH excluding ortho intramolecular Hbond substituents is 1. The molecule has 65 heavy (non-hydrogen) atoms. The second-order valence-corrected chi connectivity index (χ2v) is 21.0. The molecule has 0 saturated heterocycles. The number of hydrogen-bond acceptors (Lipinski definition) is 3. The summed E-state index contributed by atoms with van der Waals surface area (Å²) < 4.78 is 44.8. The fourth-order valence-electron chi connectivity index (χ4n) is 9.33. The first-order valence-corrected chi connectivity index (χ1v) is 23.1. The number of fused-ring (bicyclic) bond motifs is 1. The second-order valence-electron chi connectivity index (χ2n) is 21.0.